The van der Waals surface area contributed by atoms with Crippen molar-refractivity contribution in [3.8, 4) is 5.75 Å². The predicted octanol–water partition coefficient (Wildman–Crippen LogP) is 5.61. The average molecular weight is 421 g/mol. The molecule has 0 radical (unpaired) electrons. The summed E-state index contributed by atoms with van der Waals surface area (Å²) in [5, 5.41) is 0.601. The zero-order valence-corrected chi connectivity index (χ0v) is 17.4. The van der Waals surface area contributed by atoms with E-state index in [4.69, 9.17) is 4.74 Å². The molecule has 0 aliphatic rings. The Kier molecular flexibility index (Phi) is 6.05. The Labute approximate surface area is 178 Å². The molecule has 0 fully saturated rings. The Morgan fingerprint density at radius 3 is 2.57 bits per heavy atom. The minimum absolute atomic E-state index is 0.0578. The summed E-state index contributed by atoms with van der Waals surface area (Å²) in [6.07, 6.45) is 0.937. The number of halogens is 1. The highest BCUT2D eigenvalue weighted by molar-refractivity contribution is 7.22. The highest BCUT2D eigenvalue weighted by Crippen LogP contribution is 2.31. The molecule has 0 saturated heterocycles. The maximum atomic E-state index is 13.9. The number of thiazole rings is 1. The summed E-state index contributed by atoms with van der Waals surface area (Å²) in [7, 11) is 0. The minimum atomic E-state index is -0.494. The molecule has 1 amide bonds. The second-order valence-electron chi connectivity index (χ2n) is 6.84. The molecule has 0 bridgehead atoms. The number of carbonyl (C=O) groups excluding carboxylic acids is 1. The SMILES string of the molecule is CCc1ccc2nc(N(Cc3ccccc3)C(=O)COc3ccccc3F)sc2c1. The van der Waals surface area contributed by atoms with Gasteiger partial charge in [0.05, 0.1) is 16.8 Å². The Morgan fingerprint density at radius 2 is 1.80 bits per heavy atom. The van der Waals surface area contributed by atoms with E-state index in [1.165, 1.54) is 29.0 Å². The van der Waals surface area contributed by atoms with Crippen molar-refractivity contribution in [3.63, 3.8) is 0 Å². The van der Waals surface area contributed by atoms with Gasteiger partial charge in [-0.05, 0) is 41.8 Å². The molecule has 1 heterocycles. The quantitative estimate of drug-likeness (QED) is 0.390. The Balaban J connectivity index is 1.62. The van der Waals surface area contributed by atoms with Gasteiger partial charge in [0.2, 0.25) is 0 Å². The van der Waals surface area contributed by atoms with Crippen LogP contribution in [0.1, 0.15) is 18.1 Å². The summed E-state index contributed by atoms with van der Waals surface area (Å²) >= 11 is 1.47. The van der Waals surface area contributed by atoms with Gasteiger partial charge in [-0.15, -0.1) is 0 Å². The first-order valence-corrected chi connectivity index (χ1v) is 10.6. The standard InChI is InChI=1S/C24H21FN2O2S/c1-2-17-12-13-20-22(14-17)30-24(26-20)27(15-18-8-4-3-5-9-18)23(28)16-29-21-11-7-6-10-19(21)25/h3-14H,2,15-16H2,1H3. The molecule has 4 nitrogen and oxygen atoms in total. The zero-order chi connectivity index (χ0) is 20.9. The molecule has 0 aliphatic heterocycles. The van der Waals surface area contributed by atoms with Crippen LogP contribution < -0.4 is 9.64 Å². The first-order chi connectivity index (χ1) is 14.6. The average Bonchev–Trinajstić information content (AvgIpc) is 3.20. The minimum Gasteiger partial charge on any atom is -0.481 e. The van der Waals surface area contributed by atoms with Crippen LogP contribution in [0.5, 0.6) is 5.75 Å². The van der Waals surface area contributed by atoms with Gasteiger partial charge in [-0.1, -0.05) is 66.8 Å². The van der Waals surface area contributed by atoms with E-state index in [2.05, 4.69) is 24.0 Å². The van der Waals surface area contributed by atoms with E-state index < -0.39 is 5.82 Å². The zero-order valence-electron chi connectivity index (χ0n) is 16.5. The number of carbonyl (C=O) groups is 1. The third-order valence-corrected chi connectivity index (χ3v) is 5.79. The van der Waals surface area contributed by atoms with Gasteiger partial charge < -0.3 is 4.74 Å². The van der Waals surface area contributed by atoms with Gasteiger partial charge >= 0.3 is 0 Å². The van der Waals surface area contributed by atoms with Crippen LogP contribution in [0.4, 0.5) is 9.52 Å². The van der Waals surface area contributed by atoms with Gasteiger partial charge in [-0.3, -0.25) is 9.69 Å². The van der Waals surface area contributed by atoms with Crippen molar-refractivity contribution in [3.05, 3.63) is 89.7 Å². The summed E-state index contributed by atoms with van der Waals surface area (Å²) in [6.45, 7) is 2.19. The Morgan fingerprint density at radius 1 is 1.03 bits per heavy atom. The van der Waals surface area contributed by atoms with Crippen LogP contribution in [0.3, 0.4) is 0 Å². The molecule has 1 aromatic heterocycles. The van der Waals surface area contributed by atoms with Crippen molar-refractivity contribution in [2.24, 2.45) is 0 Å². The van der Waals surface area contributed by atoms with Gasteiger partial charge in [0.25, 0.3) is 5.91 Å². The van der Waals surface area contributed by atoms with Gasteiger partial charge in [0.1, 0.15) is 0 Å². The number of fused-ring (bicyclic) bond motifs is 1. The van der Waals surface area contributed by atoms with E-state index in [-0.39, 0.29) is 18.3 Å². The van der Waals surface area contributed by atoms with E-state index >= 15 is 0 Å². The van der Waals surface area contributed by atoms with Crippen LogP contribution >= 0.6 is 11.3 Å². The van der Waals surface area contributed by atoms with Crippen molar-refractivity contribution in [1.82, 2.24) is 4.98 Å². The topological polar surface area (TPSA) is 42.4 Å². The molecule has 0 saturated carbocycles. The lowest BCUT2D eigenvalue weighted by atomic mass is 10.2. The molecular weight excluding hydrogens is 399 g/mol. The number of anilines is 1. The first kappa shape index (κ1) is 20.0. The van der Waals surface area contributed by atoms with Crippen LogP contribution in [0.15, 0.2) is 72.8 Å². The lowest BCUT2D eigenvalue weighted by molar-refractivity contribution is -0.120. The van der Waals surface area contributed by atoms with E-state index in [9.17, 15) is 9.18 Å². The van der Waals surface area contributed by atoms with Gasteiger partial charge in [-0.2, -0.15) is 0 Å². The lowest BCUT2D eigenvalue weighted by Crippen LogP contribution is -2.34. The van der Waals surface area contributed by atoms with Crippen molar-refractivity contribution >= 4 is 32.6 Å². The smallest absolute Gasteiger partial charge is 0.267 e. The third kappa shape index (κ3) is 4.49. The number of para-hydroxylation sites is 1. The summed E-state index contributed by atoms with van der Waals surface area (Å²) in [5.41, 5.74) is 3.06. The molecule has 0 atom stereocenters. The van der Waals surface area contributed by atoms with E-state index in [1.54, 1.807) is 17.0 Å². The number of amides is 1. The summed E-state index contributed by atoms with van der Waals surface area (Å²) in [6, 6.07) is 21.9. The fraction of sp³-hybridized carbons (Fsp3) is 0.167. The molecular formula is C24H21FN2O2S. The van der Waals surface area contributed by atoms with Crippen molar-refractivity contribution < 1.29 is 13.9 Å². The summed E-state index contributed by atoms with van der Waals surface area (Å²) < 4.78 is 20.4. The van der Waals surface area contributed by atoms with Crippen molar-refractivity contribution in [1.29, 1.82) is 0 Å². The highest BCUT2D eigenvalue weighted by Gasteiger charge is 2.21. The van der Waals surface area contributed by atoms with E-state index in [1.807, 2.05) is 36.4 Å². The highest BCUT2D eigenvalue weighted by atomic mass is 32.1. The van der Waals surface area contributed by atoms with E-state index in [0.29, 0.717) is 11.7 Å². The fourth-order valence-electron chi connectivity index (χ4n) is 3.10. The third-order valence-electron chi connectivity index (χ3n) is 4.75. The van der Waals surface area contributed by atoms with Gasteiger partial charge in [0.15, 0.2) is 23.3 Å². The number of hydrogen-bond donors (Lipinski definition) is 0. The predicted molar refractivity (Wildman–Crippen MR) is 119 cm³/mol. The second-order valence-corrected chi connectivity index (χ2v) is 7.85. The molecule has 152 valence electrons. The second kappa shape index (κ2) is 9.05. The largest absolute Gasteiger partial charge is 0.481 e. The molecule has 4 rings (SSSR count). The molecule has 6 heteroatoms. The van der Waals surface area contributed by atoms with Crippen LogP contribution in [0, 0.1) is 5.82 Å². The molecule has 0 spiro atoms. The van der Waals surface area contributed by atoms with Crippen molar-refractivity contribution in [2.45, 2.75) is 19.9 Å². The lowest BCUT2D eigenvalue weighted by Gasteiger charge is -2.20. The number of aryl methyl sites for hydroxylation is 1. The number of aromatic nitrogens is 1. The molecule has 0 unspecified atom stereocenters. The number of nitrogens with zero attached hydrogens (tertiary/aromatic N) is 2. The first-order valence-electron chi connectivity index (χ1n) is 9.75. The number of benzene rings is 3. The van der Waals surface area contributed by atoms with Crippen LogP contribution in [-0.2, 0) is 17.8 Å². The molecule has 30 heavy (non-hydrogen) atoms. The number of ether oxygens (including phenoxy) is 1. The summed E-state index contributed by atoms with van der Waals surface area (Å²) in [5.74, 6) is -0.716. The van der Waals surface area contributed by atoms with Crippen LogP contribution in [0.2, 0.25) is 0 Å². The maximum absolute atomic E-state index is 13.9. The normalized spacial score (nSPS) is 10.9. The summed E-state index contributed by atoms with van der Waals surface area (Å²) in [4.78, 5) is 19.4. The fourth-order valence-corrected chi connectivity index (χ4v) is 4.15. The molecule has 3 aromatic carbocycles. The Bertz CT molecular complexity index is 1160. The molecule has 0 aliphatic carbocycles. The molecule has 4 aromatic rings. The number of hydrogen-bond acceptors (Lipinski definition) is 4. The monoisotopic (exact) mass is 420 g/mol. The van der Waals surface area contributed by atoms with Crippen LogP contribution in [-0.4, -0.2) is 17.5 Å². The van der Waals surface area contributed by atoms with Gasteiger partial charge in [-0.25, -0.2) is 9.37 Å². The van der Waals surface area contributed by atoms with E-state index in [0.717, 1.165) is 22.2 Å². The van der Waals surface area contributed by atoms with Crippen molar-refractivity contribution in [2.75, 3.05) is 11.5 Å². The number of rotatable bonds is 7. The van der Waals surface area contributed by atoms with Gasteiger partial charge in [0, 0.05) is 0 Å². The Hall–Kier alpha value is -3.25. The maximum Gasteiger partial charge on any atom is 0.267 e. The van der Waals surface area contributed by atoms with Crippen LogP contribution in [0.25, 0.3) is 10.2 Å². The molecule has 0 N–H and O–H groups in total.